The second-order valence-electron chi connectivity index (χ2n) is 5.29. The molecule has 1 heterocycles. The maximum atomic E-state index is 4.29. The smallest absolute Gasteiger partial charge is 0.0410 e. The molecule has 2 rings (SSSR count). The molecule has 100 valence electrons. The molecule has 1 N–H and O–H groups in total. The molecule has 2 nitrogen and oxygen atoms in total. The minimum atomic E-state index is 0.461. The molecular formula is C15H23BrN2. The first-order valence-electron chi connectivity index (χ1n) is 7.13. The van der Waals surface area contributed by atoms with Gasteiger partial charge in [-0.15, -0.1) is 0 Å². The van der Waals surface area contributed by atoms with Crippen molar-refractivity contribution in [2.45, 2.75) is 51.5 Å². The predicted octanol–water partition coefficient (Wildman–Crippen LogP) is 4.47. The highest BCUT2D eigenvalue weighted by Crippen LogP contribution is 2.32. The van der Waals surface area contributed by atoms with Crippen LogP contribution in [-0.2, 0) is 0 Å². The van der Waals surface area contributed by atoms with Crippen LogP contribution >= 0.6 is 15.9 Å². The van der Waals surface area contributed by atoms with Crippen molar-refractivity contribution >= 4 is 15.9 Å². The molecule has 0 bridgehead atoms. The monoisotopic (exact) mass is 310 g/mol. The van der Waals surface area contributed by atoms with Crippen molar-refractivity contribution in [3.63, 3.8) is 0 Å². The Labute approximate surface area is 119 Å². The van der Waals surface area contributed by atoms with Crippen molar-refractivity contribution in [3.05, 3.63) is 28.5 Å². The number of nitrogens with zero attached hydrogens (tertiary/aromatic N) is 1. The summed E-state index contributed by atoms with van der Waals surface area (Å²) in [5.74, 6) is 0.891. The van der Waals surface area contributed by atoms with E-state index in [9.17, 15) is 0 Å². The Hall–Kier alpha value is -0.410. The number of hydrogen-bond acceptors (Lipinski definition) is 2. The molecule has 1 unspecified atom stereocenters. The van der Waals surface area contributed by atoms with Crippen molar-refractivity contribution in [1.29, 1.82) is 0 Å². The molecule has 3 heteroatoms. The standard InChI is InChI=1S/C15H23BrN2/c1-2-18-15(8-12-6-4-3-5-7-12)13-9-14(16)11-17-10-13/h9-12,15,18H,2-8H2,1H3. The average Bonchev–Trinajstić information content (AvgIpc) is 2.39. The Balaban J connectivity index is 2.02. The third-order valence-corrected chi connectivity index (χ3v) is 4.31. The van der Waals surface area contributed by atoms with Gasteiger partial charge < -0.3 is 5.32 Å². The molecule has 18 heavy (non-hydrogen) atoms. The van der Waals surface area contributed by atoms with E-state index >= 15 is 0 Å². The predicted molar refractivity (Wildman–Crippen MR) is 79.5 cm³/mol. The van der Waals surface area contributed by atoms with E-state index < -0.39 is 0 Å². The molecule has 0 aromatic carbocycles. The Kier molecular flexibility index (Phi) is 5.64. The summed E-state index contributed by atoms with van der Waals surface area (Å²) in [5.41, 5.74) is 1.32. The van der Waals surface area contributed by atoms with E-state index in [-0.39, 0.29) is 0 Å². The largest absolute Gasteiger partial charge is 0.310 e. The second-order valence-corrected chi connectivity index (χ2v) is 6.20. The quantitative estimate of drug-likeness (QED) is 0.868. The number of aromatic nitrogens is 1. The van der Waals surface area contributed by atoms with Gasteiger partial charge in [0, 0.05) is 22.9 Å². The van der Waals surface area contributed by atoms with Crippen LogP contribution in [-0.4, -0.2) is 11.5 Å². The molecule has 1 fully saturated rings. The maximum Gasteiger partial charge on any atom is 0.0410 e. The van der Waals surface area contributed by atoms with Gasteiger partial charge in [0.2, 0.25) is 0 Å². The van der Waals surface area contributed by atoms with Crippen molar-refractivity contribution in [2.24, 2.45) is 5.92 Å². The van der Waals surface area contributed by atoms with Crippen LogP contribution < -0.4 is 5.32 Å². The number of nitrogens with one attached hydrogen (secondary N) is 1. The third-order valence-electron chi connectivity index (χ3n) is 3.87. The fourth-order valence-corrected chi connectivity index (χ4v) is 3.34. The molecule has 1 saturated carbocycles. The molecular weight excluding hydrogens is 288 g/mol. The van der Waals surface area contributed by atoms with Gasteiger partial charge in [0.05, 0.1) is 0 Å². The van der Waals surface area contributed by atoms with Crippen LogP contribution in [0.2, 0.25) is 0 Å². The third kappa shape index (κ3) is 4.06. The van der Waals surface area contributed by atoms with Crippen LogP contribution in [0.5, 0.6) is 0 Å². The summed E-state index contributed by atoms with van der Waals surface area (Å²) in [7, 11) is 0. The minimum Gasteiger partial charge on any atom is -0.310 e. The summed E-state index contributed by atoms with van der Waals surface area (Å²) in [4.78, 5) is 4.29. The number of pyridine rings is 1. The zero-order valence-corrected chi connectivity index (χ0v) is 12.7. The van der Waals surface area contributed by atoms with E-state index in [0.717, 1.165) is 16.9 Å². The van der Waals surface area contributed by atoms with Gasteiger partial charge in [-0.3, -0.25) is 4.98 Å². The van der Waals surface area contributed by atoms with Gasteiger partial charge in [0.1, 0.15) is 0 Å². The highest BCUT2D eigenvalue weighted by molar-refractivity contribution is 9.10. The summed E-state index contributed by atoms with van der Waals surface area (Å²) < 4.78 is 1.08. The molecule has 0 spiro atoms. The lowest BCUT2D eigenvalue weighted by atomic mass is 9.83. The first-order chi connectivity index (χ1) is 8.79. The van der Waals surface area contributed by atoms with Crippen LogP contribution in [0.1, 0.15) is 57.1 Å². The number of halogens is 1. The fourth-order valence-electron chi connectivity index (χ4n) is 2.96. The van der Waals surface area contributed by atoms with E-state index in [1.54, 1.807) is 0 Å². The first-order valence-corrected chi connectivity index (χ1v) is 7.92. The highest BCUT2D eigenvalue weighted by atomic mass is 79.9. The lowest BCUT2D eigenvalue weighted by Gasteiger charge is -2.27. The van der Waals surface area contributed by atoms with Crippen LogP contribution in [0.15, 0.2) is 22.9 Å². The minimum absolute atomic E-state index is 0.461. The van der Waals surface area contributed by atoms with E-state index in [4.69, 9.17) is 0 Å². The van der Waals surface area contributed by atoms with Crippen LogP contribution in [0.25, 0.3) is 0 Å². The van der Waals surface area contributed by atoms with E-state index in [1.807, 2.05) is 12.4 Å². The molecule has 1 aromatic heterocycles. The maximum absolute atomic E-state index is 4.29. The van der Waals surface area contributed by atoms with Gasteiger partial charge in [0.25, 0.3) is 0 Å². The first kappa shape index (κ1) is 14.0. The normalized spacial score (nSPS) is 18.8. The Morgan fingerprint density at radius 2 is 2.11 bits per heavy atom. The van der Waals surface area contributed by atoms with Gasteiger partial charge in [0.15, 0.2) is 0 Å². The van der Waals surface area contributed by atoms with Gasteiger partial charge in [-0.25, -0.2) is 0 Å². The van der Waals surface area contributed by atoms with Crippen LogP contribution in [0.3, 0.4) is 0 Å². The summed E-state index contributed by atoms with van der Waals surface area (Å²) in [5, 5.41) is 3.61. The van der Waals surface area contributed by atoms with E-state index in [1.165, 1.54) is 44.1 Å². The number of hydrogen-bond donors (Lipinski definition) is 1. The van der Waals surface area contributed by atoms with E-state index in [2.05, 4.69) is 39.2 Å². The zero-order chi connectivity index (χ0) is 12.8. The van der Waals surface area contributed by atoms with Gasteiger partial charge in [-0.2, -0.15) is 0 Å². The lowest BCUT2D eigenvalue weighted by molar-refractivity contribution is 0.301. The molecule has 1 aliphatic carbocycles. The Morgan fingerprint density at radius 1 is 1.33 bits per heavy atom. The zero-order valence-electron chi connectivity index (χ0n) is 11.2. The lowest BCUT2D eigenvalue weighted by Crippen LogP contribution is -2.24. The summed E-state index contributed by atoms with van der Waals surface area (Å²) >= 11 is 3.52. The topological polar surface area (TPSA) is 24.9 Å². The van der Waals surface area contributed by atoms with Gasteiger partial charge in [-0.1, -0.05) is 39.0 Å². The summed E-state index contributed by atoms with van der Waals surface area (Å²) in [6, 6.07) is 2.66. The number of rotatable bonds is 5. The van der Waals surface area contributed by atoms with Crippen molar-refractivity contribution in [2.75, 3.05) is 6.54 Å². The highest BCUT2D eigenvalue weighted by Gasteiger charge is 2.19. The fraction of sp³-hybridized carbons (Fsp3) is 0.667. The molecule has 0 amide bonds. The van der Waals surface area contributed by atoms with Gasteiger partial charge in [-0.05, 0) is 46.4 Å². The summed E-state index contributed by atoms with van der Waals surface area (Å²) in [6.07, 6.45) is 12.2. The molecule has 0 aliphatic heterocycles. The van der Waals surface area contributed by atoms with Crippen molar-refractivity contribution in [3.8, 4) is 0 Å². The van der Waals surface area contributed by atoms with Crippen LogP contribution in [0.4, 0.5) is 0 Å². The Morgan fingerprint density at radius 3 is 2.78 bits per heavy atom. The SMILES string of the molecule is CCNC(CC1CCCCC1)c1cncc(Br)c1. The summed E-state index contributed by atoms with van der Waals surface area (Å²) in [6.45, 7) is 3.20. The molecule has 0 saturated heterocycles. The molecule has 1 aromatic rings. The van der Waals surface area contributed by atoms with Crippen molar-refractivity contribution in [1.82, 2.24) is 10.3 Å². The molecule has 1 aliphatic rings. The van der Waals surface area contributed by atoms with Gasteiger partial charge >= 0.3 is 0 Å². The second kappa shape index (κ2) is 7.25. The average molecular weight is 311 g/mol. The van der Waals surface area contributed by atoms with Crippen LogP contribution in [0, 0.1) is 5.92 Å². The molecule has 0 radical (unpaired) electrons. The molecule has 1 atom stereocenters. The van der Waals surface area contributed by atoms with E-state index in [0.29, 0.717) is 6.04 Å². The Bertz CT molecular complexity index is 361. The van der Waals surface area contributed by atoms with Crippen molar-refractivity contribution < 1.29 is 0 Å².